The van der Waals surface area contributed by atoms with E-state index in [1.54, 1.807) is 18.3 Å². The van der Waals surface area contributed by atoms with Gasteiger partial charge in [0.2, 0.25) is 10.0 Å². The van der Waals surface area contributed by atoms with E-state index >= 15 is 0 Å². The lowest BCUT2D eigenvalue weighted by atomic mass is 10.1. The number of nitrogens with zero attached hydrogens (tertiary/aromatic N) is 3. The van der Waals surface area contributed by atoms with Gasteiger partial charge in [-0.1, -0.05) is 12.1 Å². The summed E-state index contributed by atoms with van der Waals surface area (Å²) >= 11 is 0. The minimum atomic E-state index is -3.75. The van der Waals surface area contributed by atoms with Crippen LogP contribution < -0.4 is 14.5 Å². The van der Waals surface area contributed by atoms with E-state index in [4.69, 9.17) is 4.74 Å². The van der Waals surface area contributed by atoms with Crippen LogP contribution in [0.4, 0.5) is 5.69 Å². The number of methoxy groups -OCH3 is 1. The molecule has 8 nitrogen and oxygen atoms in total. The molecule has 0 saturated heterocycles. The maximum absolute atomic E-state index is 12.6. The Labute approximate surface area is 207 Å². The Bertz CT molecular complexity index is 1370. The lowest BCUT2D eigenvalue weighted by Gasteiger charge is -2.23. The molecule has 0 unspecified atom stereocenters. The SMILES string of the molecule is COc1ccc(C)cc1N(CC(=O)NN=Cc1cc(C)n(-c2cc(C)cc(C)c2)c1C)S(C)(=O)=O. The van der Waals surface area contributed by atoms with Gasteiger partial charge in [0, 0.05) is 22.6 Å². The van der Waals surface area contributed by atoms with E-state index in [1.165, 1.54) is 18.2 Å². The normalized spacial score (nSPS) is 11.6. The number of hydrazone groups is 1. The van der Waals surface area contributed by atoms with Crippen LogP contribution in [-0.2, 0) is 14.8 Å². The number of carbonyl (C=O) groups is 1. The van der Waals surface area contributed by atoms with Crippen molar-refractivity contribution in [2.75, 3.05) is 24.2 Å². The lowest BCUT2D eigenvalue weighted by molar-refractivity contribution is -0.119. The Hall–Kier alpha value is -3.59. The highest BCUT2D eigenvalue weighted by atomic mass is 32.2. The number of hydrogen-bond acceptors (Lipinski definition) is 5. The minimum absolute atomic E-state index is 0.297. The summed E-state index contributed by atoms with van der Waals surface area (Å²) in [6.45, 7) is 9.53. The molecular formula is C26H32N4O4S. The Morgan fingerprint density at radius 3 is 2.29 bits per heavy atom. The molecule has 3 rings (SSSR count). The van der Waals surface area contributed by atoms with E-state index in [9.17, 15) is 13.2 Å². The first kappa shape index (κ1) is 26.0. The van der Waals surface area contributed by atoms with E-state index in [0.717, 1.165) is 38.8 Å². The first-order valence-corrected chi connectivity index (χ1v) is 13.0. The monoisotopic (exact) mass is 496 g/mol. The number of ether oxygens (including phenoxy) is 1. The molecule has 0 spiro atoms. The number of carbonyl (C=O) groups excluding carboxylic acids is 1. The van der Waals surface area contributed by atoms with Gasteiger partial charge < -0.3 is 9.30 Å². The van der Waals surface area contributed by atoms with Crippen molar-refractivity contribution < 1.29 is 17.9 Å². The van der Waals surface area contributed by atoms with Gasteiger partial charge in [0.15, 0.2) is 0 Å². The van der Waals surface area contributed by atoms with E-state index in [1.807, 2.05) is 32.9 Å². The summed E-state index contributed by atoms with van der Waals surface area (Å²) in [5.74, 6) is -0.213. The van der Waals surface area contributed by atoms with Crippen LogP contribution in [0.2, 0.25) is 0 Å². The predicted octanol–water partition coefficient (Wildman–Crippen LogP) is 3.94. The molecule has 0 bridgehead atoms. The van der Waals surface area contributed by atoms with Gasteiger partial charge in [-0.05, 0) is 81.6 Å². The van der Waals surface area contributed by atoms with Crippen LogP contribution in [0.15, 0.2) is 47.6 Å². The van der Waals surface area contributed by atoms with Crippen molar-refractivity contribution in [3.05, 3.63) is 76.1 Å². The Balaban J connectivity index is 1.80. The molecule has 0 saturated carbocycles. The summed E-state index contributed by atoms with van der Waals surface area (Å²) in [6, 6.07) is 13.5. The van der Waals surface area contributed by atoms with Gasteiger partial charge in [0.1, 0.15) is 12.3 Å². The average molecular weight is 497 g/mol. The zero-order valence-electron chi connectivity index (χ0n) is 21.2. The van der Waals surface area contributed by atoms with Crippen LogP contribution >= 0.6 is 0 Å². The van der Waals surface area contributed by atoms with E-state index in [-0.39, 0.29) is 0 Å². The molecule has 35 heavy (non-hydrogen) atoms. The molecule has 0 aliphatic rings. The Morgan fingerprint density at radius 2 is 1.69 bits per heavy atom. The molecule has 9 heteroatoms. The second-order valence-corrected chi connectivity index (χ2v) is 10.7. The Kier molecular flexibility index (Phi) is 7.70. The summed E-state index contributed by atoms with van der Waals surface area (Å²) in [6.07, 6.45) is 2.62. The summed E-state index contributed by atoms with van der Waals surface area (Å²) in [5, 5.41) is 4.08. The molecule has 3 aromatic rings. The van der Waals surface area contributed by atoms with Crippen molar-refractivity contribution in [2.24, 2.45) is 5.10 Å². The van der Waals surface area contributed by atoms with Gasteiger partial charge in [-0.3, -0.25) is 9.10 Å². The van der Waals surface area contributed by atoms with Crippen LogP contribution in [0.25, 0.3) is 5.69 Å². The van der Waals surface area contributed by atoms with E-state index < -0.39 is 22.5 Å². The molecule has 0 fully saturated rings. The fourth-order valence-corrected chi connectivity index (χ4v) is 4.96. The quantitative estimate of drug-likeness (QED) is 0.378. The minimum Gasteiger partial charge on any atom is -0.495 e. The zero-order chi connectivity index (χ0) is 25.9. The van der Waals surface area contributed by atoms with Crippen LogP contribution in [0.1, 0.15) is 33.6 Å². The predicted molar refractivity (Wildman–Crippen MR) is 140 cm³/mol. The third-order valence-corrected chi connectivity index (χ3v) is 6.74. The lowest BCUT2D eigenvalue weighted by Crippen LogP contribution is -2.39. The standard InChI is InChI=1S/C26H32N4O4S/c1-17-8-9-25(34-6)24(13-17)29(35(7,32)33)16-26(31)28-27-15-22-14-20(4)30(21(22)5)23-11-18(2)10-19(3)12-23/h8-15H,16H2,1-7H3,(H,28,31). The molecule has 2 aromatic carbocycles. The number of aryl methyl sites for hydroxylation is 4. The summed E-state index contributed by atoms with van der Waals surface area (Å²) in [7, 11) is -2.30. The second-order valence-electron chi connectivity index (χ2n) is 8.75. The molecule has 186 valence electrons. The average Bonchev–Trinajstić information content (AvgIpc) is 3.03. The summed E-state index contributed by atoms with van der Waals surface area (Å²) < 4.78 is 33.4. The number of hydrogen-bond donors (Lipinski definition) is 1. The second kappa shape index (κ2) is 10.4. The maximum Gasteiger partial charge on any atom is 0.260 e. The number of nitrogens with one attached hydrogen (secondary N) is 1. The van der Waals surface area contributed by atoms with Gasteiger partial charge in [-0.15, -0.1) is 0 Å². The molecule has 0 radical (unpaired) electrons. The topological polar surface area (TPSA) is 93.0 Å². The van der Waals surface area contributed by atoms with Gasteiger partial charge in [-0.2, -0.15) is 5.10 Å². The molecule has 0 aliphatic heterocycles. The van der Waals surface area contributed by atoms with Crippen LogP contribution in [0, 0.1) is 34.6 Å². The van der Waals surface area contributed by atoms with Gasteiger partial charge in [0.05, 0.1) is 25.3 Å². The first-order chi connectivity index (χ1) is 16.4. The Morgan fingerprint density at radius 1 is 1.03 bits per heavy atom. The molecule has 1 amide bonds. The molecule has 0 atom stereocenters. The van der Waals surface area contributed by atoms with Gasteiger partial charge in [0.25, 0.3) is 5.91 Å². The molecular weight excluding hydrogens is 464 g/mol. The third kappa shape index (κ3) is 6.10. The van der Waals surface area contributed by atoms with Gasteiger partial charge in [-0.25, -0.2) is 13.8 Å². The smallest absolute Gasteiger partial charge is 0.260 e. The van der Waals surface area contributed by atoms with Crippen molar-refractivity contribution >= 4 is 27.8 Å². The van der Waals surface area contributed by atoms with Crippen LogP contribution in [-0.4, -0.2) is 45.0 Å². The number of aromatic nitrogens is 1. The number of anilines is 1. The van der Waals surface area contributed by atoms with Crippen molar-refractivity contribution in [3.8, 4) is 11.4 Å². The number of amides is 1. The highest BCUT2D eigenvalue weighted by molar-refractivity contribution is 7.92. The zero-order valence-corrected chi connectivity index (χ0v) is 22.0. The first-order valence-electron chi connectivity index (χ1n) is 11.1. The van der Waals surface area contributed by atoms with E-state index in [2.05, 4.69) is 47.1 Å². The number of benzene rings is 2. The van der Waals surface area contributed by atoms with Crippen LogP contribution in [0.5, 0.6) is 5.75 Å². The van der Waals surface area contributed by atoms with Gasteiger partial charge >= 0.3 is 0 Å². The highest BCUT2D eigenvalue weighted by Gasteiger charge is 2.24. The fourth-order valence-electron chi connectivity index (χ4n) is 4.11. The molecule has 1 N–H and O–H groups in total. The van der Waals surface area contributed by atoms with E-state index in [0.29, 0.717) is 11.4 Å². The third-order valence-electron chi connectivity index (χ3n) is 5.62. The molecule has 1 heterocycles. The highest BCUT2D eigenvalue weighted by Crippen LogP contribution is 2.30. The van der Waals surface area contributed by atoms with Crippen molar-refractivity contribution in [1.82, 2.24) is 9.99 Å². The van der Waals surface area contributed by atoms with Crippen molar-refractivity contribution in [3.63, 3.8) is 0 Å². The van der Waals surface area contributed by atoms with Crippen LogP contribution in [0.3, 0.4) is 0 Å². The molecule has 0 aliphatic carbocycles. The largest absolute Gasteiger partial charge is 0.495 e. The number of sulfonamides is 1. The summed E-state index contributed by atoms with van der Waals surface area (Å²) in [4.78, 5) is 12.6. The molecule has 1 aromatic heterocycles. The maximum atomic E-state index is 12.6. The summed E-state index contributed by atoms with van der Waals surface area (Å²) in [5.41, 5.74) is 9.87. The van der Waals surface area contributed by atoms with Crippen molar-refractivity contribution in [2.45, 2.75) is 34.6 Å². The fraction of sp³-hybridized carbons (Fsp3) is 0.308. The number of rotatable bonds is 8. The van der Waals surface area contributed by atoms with Crippen molar-refractivity contribution in [1.29, 1.82) is 0 Å².